The van der Waals surface area contributed by atoms with Gasteiger partial charge in [-0.1, -0.05) is 13.0 Å². The molecule has 1 aliphatic rings. The van der Waals surface area contributed by atoms with Gasteiger partial charge in [-0.05, 0) is 62.4 Å². The Bertz CT molecular complexity index is 639. The monoisotopic (exact) mass is 282 g/mol. The fourth-order valence-electron chi connectivity index (χ4n) is 2.42. The largest absolute Gasteiger partial charge is 0.291 e. The number of hydrogen-bond acceptors (Lipinski definition) is 2. The number of nitrogens with zero attached hydrogens (tertiary/aromatic N) is 2. The van der Waals surface area contributed by atoms with Gasteiger partial charge in [0.05, 0.1) is 5.69 Å². The molecule has 2 rings (SSSR count). The molecular weight excluding hydrogens is 260 g/mol. The van der Waals surface area contributed by atoms with Gasteiger partial charge in [-0.3, -0.25) is 14.7 Å². The molecule has 0 spiro atoms. The number of carbonyl (C=O) groups excluding carboxylic acids is 1. The van der Waals surface area contributed by atoms with Crippen LogP contribution in [0.15, 0.2) is 41.2 Å². The standard InChI is InChI=1S/C18H22N2O/c1-5-15-8-7-9-20(12-15)18(21)16-10-14(4)17(19-6-2)11-13(16)3/h6-7,9-12H,5,8H2,1-4H3/b19-6+. The number of aliphatic imine (C=N–C) groups is 1. The molecule has 3 nitrogen and oxygen atoms in total. The number of hydrogen-bond donors (Lipinski definition) is 0. The average Bonchev–Trinajstić information content (AvgIpc) is 2.50. The lowest BCUT2D eigenvalue weighted by Crippen LogP contribution is -2.23. The molecule has 0 saturated carbocycles. The third-order valence-electron chi connectivity index (χ3n) is 3.70. The summed E-state index contributed by atoms with van der Waals surface area (Å²) in [5, 5.41) is 0. The van der Waals surface area contributed by atoms with Crippen molar-refractivity contribution in [3.8, 4) is 0 Å². The van der Waals surface area contributed by atoms with E-state index < -0.39 is 0 Å². The maximum absolute atomic E-state index is 12.7. The zero-order chi connectivity index (χ0) is 15.4. The molecule has 1 amide bonds. The van der Waals surface area contributed by atoms with Crippen molar-refractivity contribution in [3.05, 3.63) is 52.9 Å². The van der Waals surface area contributed by atoms with Crippen LogP contribution in [-0.4, -0.2) is 17.0 Å². The minimum absolute atomic E-state index is 0.0181. The fourth-order valence-corrected chi connectivity index (χ4v) is 2.42. The molecule has 1 aromatic carbocycles. The molecule has 1 aliphatic heterocycles. The Morgan fingerprint density at radius 2 is 2.10 bits per heavy atom. The molecule has 0 bridgehead atoms. The maximum atomic E-state index is 12.7. The van der Waals surface area contributed by atoms with E-state index in [4.69, 9.17) is 0 Å². The summed E-state index contributed by atoms with van der Waals surface area (Å²) in [7, 11) is 0. The average molecular weight is 282 g/mol. The quantitative estimate of drug-likeness (QED) is 0.741. The summed E-state index contributed by atoms with van der Waals surface area (Å²) in [4.78, 5) is 18.7. The van der Waals surface area contributed by atoms with E-state index in [1.807, 2.05) is 51.4 Å². The lowest BCUT2D eigenvalue weighted by molar-refractivity contribution is 0.0866. The number of aryl methyl sites for hydroxylation is 2. The van der Waals surface area contributed by atoms with Gasteiger partial charge in [-0.2, -0.15) is 0 Å². The lowest BCUT2D eigenvalue weighted by Gasteiger charge is -2.21. The van der Waals surface area contributed by atoms with Crippen LogP contribution >= 0.6 is 0 Å². The Morgan fingerprint density at radius 3 is 2.76 bits per heavy atom. The highest BCUT2D eigenvalue weighted by Crippen LogP contribution is 2.25. The van der Waals surface area contributed by atoms with E-state index in [0.29, 0.717) is 0 Å². The van der Waals surface area contributed by atoms with Crippen LogP contribution in [0.1, 0.15) is 48.2 Å². The Labute approximate surface area is 126 Å². The first kappa shape index (κ1) is 15.2. The van der Waals surface area contributed by atoms with Gasteiger partial charge in [0, 0.05) is 24.2 Å². The second-order valence-electron chi connectivity index (χ2n) is 5.28. The Hall–Kier alpha value is -2.16. The minimum Gasteiger partial charge on any atom is -0.291 e. The zero-order valence-corrected chi connectivity index (χ0v) is 13.2. The van der Waals surface area contributed by atoms with E-state index in [0.717, 1.165) is 35.2 Å². The van der Waals surface area contributed by atoms with Crippen molar-refractivity contribution in [1.29, 1.82) is 0 Å². The molecule has 0 unspecified atom stereocenters. The molecule has 3 heteroatoms. The molecule has 0 saturated heterocycles. The van der Waals surface area contributed by atoms with Gasteiger partial charge in [0.2, 0.25) is 0 Å². The summed E-state index contributed by atoms with van der Waals surface area (Å²) in [6.07, 6.45) is 9.52. The van der Waals surface area contributed by atoms with Crippen molar-refractivity contribution in [1.82, 2.24) is 4.90 Å². The molecule has 0 aliphatic carbocycles. The van der Waals surface area contributed by atoms with Gasteiger partial charge < -0.3 is 0 Å². The zero-order valence-electron chi connectivity index (χ0n) is 13.2. The first-order valence-corrected chi connectivity index (χ1v) is 7.35. The van der Waals surface area contributed by atoms with Crippen LogP contribution in [0, 0.1) is 13.8 Å². The highest BCUT2D eigenvalue weighted by Gasteiger charge is 2.17. The number of allylic oxidation sites excluding steroid dienone is 2. The van der Waals surface area contributed by atoms with E-state index in [1.165, 1.54) is 5.57 Å². The molecule has 1 aromatic rings. The molecule has 21 heavy (non-hydrogen) atoms. The van der Waals surface area contributed by atoms with E-state index in [2.05, 4.69) is 11.9 Å². The van der Waals surface area contributed by atoms with Crippen molar-refractivity contribution >= 4 is 17.8 Å². The summed E-state index contributed by atoms with van der Waals surface area (Å²) in [5.74, 6) is 0.0181. The summed E-state index contributed by atoms with van der Waals surface area (Å²) in [6, 6.07) is 3.91. The van der Waals surface area contributed by atoms with E-state index >= 15 is 0 Å². The smallest absolute Gasteiger partial charge is 0.262 e. The Kier molecular flexibility index (Phi) is 4.73. The minimum atomic E-state index is 0.0181. The normalized spacial score (nSPS) is 14.7. The van der Waals surface area contributed by atoms with Crippen molar-refractivity contribution in [2.45, 2.75) is 40.5 Å². The predicted octanol–water partition coefficient (Wildman–Crippen LogP) is 4.68. The number of carbonyl (C=O) groups is 1. The van der Waals surface area contributed by atoms with Crippen molar-refractivity contribution in [3.63, 3.8) is 0 Å². The molecule has 0 fully saturated rings. The van der Waals surface area contributed by atoms with Crippen LogP contribution in [0.5, 0.6) is 0 Å². The van der Waals surface area contributed by atoms with E-state index in [9.17, 15) is 4.79 Å². The number of amides is 1. The predicted molar refractivity (Wildman–Crippen MR) is 88.0 cm³/mol. The number of rotatable bonds is 3. The van der Waals surface area contributed by atoms with Crippen LogP contribution in [0.25, 0.3) is 0 Å². The van der Waals surface area contributed by atoms with Crippen LogP contribution in [-0.2, 0) is 0 Å². The Morgan fingerprint density at radius 1 is 1.33 bits per heavy atom. The van der Waals surface area contributed by atoms with Crippen LogP contribution in [0.2, 0.25) is 0 Å². The Balaban J connectivity index is 2.36. The first-order chi connectivity index (χ1) is 10.1. The molecule has 0 radical (unpaired) electrons. The summed E-state index contributed by atoms with van der Waals surface area (Å²) >= 11 is 0. The van der Waals surface area contributed by atoms with Crippen LogP contribution in [0.3, 0.4) is 0 Å². The summed E-state index contributed by atoms with van der Waals surface area (Å²) < 4.78 is 0. The van der Waals surface area contributed by atoms with Gasteiger partial charge in [-0.25, -0.2) is 0 Å². The van der Waals surface area contributed by atoms with Gasteiger partial charge in [-0.15, -0.1) is 0 Å². The molecule has 0 atom stereocenters. The molecule has 110 valence electrons. The molecule has 0 N–H and O–H groups in total. The highest BCUT2D eigenvalue weighted by atomic mass is 16.2. The SMILES string of the molecule is C/C=N/c1cc(C)c(C(=O)N2C=CCC(CC)=C2)cc1C. The highest BCUT2D eigenvalue weighted by molar-refractivity contribution is 5.97. The van der Waals surface area contributed by atoms with E-state index in [-0.39, 0.29) is 5.91 Å². The third-order valence-corrected chi connectivity index (χ3v) is 3.70. The molecule has 1 heterocycles. The maximum Gasteiger partial charge on any atom is 0.262 e. The fraction of sp³-hybridized carbons (Fsp3) is 0.333. The van der Waals surface area contributed by atoms with Gasteiger partial charge in [0.15, 0.2) is 0 Å². The number of benzene rings is 1. The van der Waals surface area contributed by atoms with Crippen molar-refractivity contribution in [2.24, 2.45) is 4.99 Å². The van der Waals surface area contributed by atoms with Crippen LogP contribution < -0.4 is 0 Å². The lowest BCUT2D eigenvalue weighted by atomic mass is 10.0. The second-order valence-corrected chi connectivity index (χ2v) is 5.28. The van der Waals surface area contributed by atoms with Gasteiger partial charge in [0.25, 0.3) is 5.91 Å². The first-order valence-electron chi connectivity index (χ1n) is 7.35. The molecular formula is C18H22N2O. The van der Waals surface area contributed by atoms with Gasteiger partial charge in [0.1, 0.15) is 0 Å². The third kappa shape index (κ3) is 3.30. The van der Waals surface area contributed by atoms with Gasteiger partial charge >= 0.3 is 0 Å². The summed E-state index contributed by atoms with van der Waals surface area (Å²) in [5.41, 5.74) is 4.90. The summed E-state index contributed by atoms with van der Waals surface area (Å²) in [6.45, 7) is 7.95. The van der Waals surface area contributed by atoms with Crippen molar-refractivity contribution in [2.75, 3.05) is 0 Å². The van der Waals surface area contributed by atoms with E-state index in [1.54, 1.807) is 11.1 Å². The topological polar surface area (TPSA) is 32.7 Å². The second kappa shape index (κ2) is 6.53. The van der Waals surface area contributed by atoms with Crippen LogP contribution in [0.4, 0.5) is 5.69 Å². The van der Waals surface area contributed by atoms with Crippen molar-refractivity contribution < 1.29 is 4.79 Å². The molecule has 0 aromatic heterocycles.